The lowest BCUT2D eigenvalue weighted by atomic mass is 10.2. The topological polar surface area (TPSA) is 58.2 Å². The Labute approximate surface area is 118 Å². The third kappa shape index (κ3) is 4.59. The van der Waals surface area contributed by atoms with Crippen molar-refractivity contribution in [1.82, 2.24) is 10.6 Å². The Balaban J connectivity index is 2.66. The second kappa shape index (κ2) is 7.84. The molecule has 2 amide bonds. The van der Waals surface area contributed by atoms with Crippen LogP contribution in [-0.2, 0) is 4.79 Å². The predicted molar refractivity (Wildman–Crippen MR) is 78.5 cm³/mol. The summed E-state index contributed by atoms with van der Waals surface area (Å²) in [6.45, 7) is 4.29. The Bertz CT molecular complexity index is 449. The number of benzene rings is 1. The average Bonchev–Trinajstić information content (AvgIpc) is 2.44. The lowest BCUT2D eigenvalue weighted by Crippen LogP contribution is -2.45. The molecule has 1 unspecified atom stereocenters. The Kier molecular flexibility index (Phi) is 6.42. The number of carbonyl (C=O) groups excluding carboxylic acids is 2. The van der Waals surface area contributed by atoms with Gasteiger partial charge in [0.2, 0.25) is 5.91 Å². The molecule has 0 aromatic heterocycles. The molecule has 5 heteroatoms. The first-order valence-electron chi connectivity index (χ1n) is 6.31. The molecule has 0 bridgehead atoms. The Morgan fingerprint density at radius 1 is 1.32 bits per heavy atom. The van der Waals surface area contributed by atoms with Crippen LogP contribution in [0.15, 0.2) is 29.2 Å². The fraction of sp³-hybridized carbons (Fsp3) is 0.429. The minimum Gasteiger partial charge on any atom is -0.354 e. The van der Waals surface area contributed by atoms with Gasteiger partial charge < -0.3 is 10.6 Å². The normalized spacial score (nSPS) is 11.7. The second-order valence-corrected chi connectivity index (χ2v) is 5.03. The van der Waals surface area contributed by atoms with Crippen LogP contribution in [0.25, 0.3) is 0 Å². The molecule has 0 aliphatic rings. The maximum absolute atomic E-state index is 12.1. The molecule has 0 fully saturated rings. The highest BCUT2D eigenvalue weighted by molar-refractivity contribution is 7.98. The van der Waals surface area contributed by atoms with Gasteiger partial charge in [-0.05, 0) is 31.7 Å². The van der Waals surface area contributed by atoms with Crippen LogP contribution in [-0.4, -0.2) is 30.7 Å². The average molecular weight is 280 g/mol. The predicted octanol–water partition coefficient (Wildman–Crippen LogP) is 2.05. The quantitative estimate of drug-likeness (QED) is 0.784. The molecule has 19 heavy (non-hydrogen) atoms. The van der Waals surface area contributed by atoms with E-state index in [1.165, 1.54) is 11.8 Å². The number of nitrogens with one attached hydrogen (secondary N) is 2. The van der Waals surface area contributed by atoms with Crippen LogP contribution in [0.4, 0.5) is 0 Å². The van der Waals surface area contributed by atoms with Crippen LogP contribution in [0.2, 0.25) is 0 Å². The third-order valence-electron chi connectivity index (χ3n) is 2.64. The van der Waals surface area contributed by atoms with E-state index in [0.29, 0.717) is 12.1 Å². The zero-order chi connectivity index (χ0) is 14.3. The minimum absolute atomic E-state index is 0.156. The number of thioether (sulfide) groups is 1. The van der Waals surface area contributed by atoms with Crippen LogP contribution in [0, 0.1) is 0 Å². The molecule has 0 aliphatic carbocycles. The lowest BCUT2D eigenvalue weighted by molar-refractivity contribution is -0.122. The van der Waals surface area contributed by atoms with Crippen molar-refractivity contribution in [3.63, 3.8) is 0 Å². The van der Waals surface area contributed by atoms with Gasteiger partial charge in [-0.15, -0.1) is 11.8 Å². The van der Waals surface area contributed by atoms with E-state index in [-0.39, 0.29) is 11.8 Å². The summed E-state index contributed by atoms with van der Waals surface area (Å²) in [5, 5.41) is 5.47. The maximum atomic E-state index is 12.1. The SMILES string of the molecule is CCCNC(=O)C(C)NC(=O)c1ccccc1SC. The Hall–Kier alpha value is -1.49. The number of carbonyl (C=O) groups is 2. The van der Waals surface area contributed by atoms with E-state index >= 15 is 0 Å². The number of rotatable bonds is 6. The minimum atomic E-state index is -0.533. The molecule has 2 N–H and O–H groups in total. The van der Waals surface area contributed by atoms with Gasteiger partial charge in [0.15, 0.2) is 0 Å². The summed E-state index contributed by atoms with van der Waals surface area (Å²) in [7, 11) is 0. The highest BCUT2D eigenvalue weighted by Crippen LogP contribution is 2.19. The Morgan fingerprint density at radius 2 is 2.00 bits per heavy atom. The smallest absolute Gasteiger partial charge is 0.253 e. The van der Waals surface area contributed by atoms with Gasteiger partial charge in [-0.3, -0.25) is 9.59 Å². The molecule has 0 radical (unpaired) electrons. The van der Waals surface area contributed by atoms with E-state index in [4.69, 9.17) is 0 Å². The monoisotopic (exact) mass is 280 g/mol. The van der Waals surface area contributed by atoms with Crippen molar-refractivity contribution < 1.29 is 9.59 Å². The zero-order valence-electron chi connectivity index (χ0n) is 11.5. The van der Waals surface area contributed by atoms with Gasteiger partial charge in [0.1, 0.15) is 6.04 Å². The molecule has 1 atom stereocenters. The van der Waals surface area contributed by atoms with E-state index in [1.54, 1.807) is 13.0 Å². The first kappa shape index (κ1) is 15.6. The molecule has 104 valence electrons. The first-order chi connectivity index (χ1) is 9.10. The van der Waals surface area contributed by atoms with Crippen molar-refractivity contribution in [3.8, 4) is 0 Å². The highest BCUT2D eigenvalue weighted by Gasteiger charge is 2.17. The van der Waals surface area contributed by atoms with E-state index in [9.17, 15) is 9.59 Å². The number of amides is 2. The van der Waals surface area contributed by atoms with Gasteiger partial charge >= 0.3 is 0 Å². The molecule has 0 aliphatic heterocycles. The molecule has 4 nitrogen and oxygen atoms in total. The maximum Gasteiger partial charge on any atom is 0.253 e. The molecule has 1 rings (SSSR count). The summed E-state index contributed by atoms with van der Waals surface area (Å²) in [4.78, 5) is 24.7. The second-order valence-electron chi connectivity index (χ2n) is 4.19. The van der Waals surface area contributed by atoms with Crippen LogP contribution in [0.5, 0.6) is 0 Å². The summed E-state index contributed by atoms with van der Waals surface area (Å²) in [6, 6.07) is 6.82. The van der Waals surface area contributed by atoms with Crippen molar-refractivity contribution in [2.45, 2.75) is 31.2 Å². The first-order valence-corrected chi connectivity index (χ1v) is 7.54. The van der Waals surface area contributed by atoms with E-state index < -0.39 is 6.04 Å². The number of hydrogen-bond acceptors (Lipinski definition) is 3. The van der Waals surface area contributed by atoms with Crippen molar-refractivity contribution in [2.24, 2.45) is 0 Å². The van der Waals surface area contributed by atoms with Crippen LogP contribution >= 0.6 is 11.8 Å². The summed E-state index contributed by atoms with van der Waals surface area (Å²) in [5.41, 5.74) is 0.602. The van der Waals surface area contributed by atoms with Crippen molar-refractivity contribution in [1.29, 1.82) is 0 Å². The lowest BCUT2D eigenvalue weighted by Gasteiger charge is -2.15. The van der Waals surface area contributed by atoms with E-state index in [2.05, 4.69) is 10.6 Å². The fourth-order valence-electron chi connectivity index (χ4n) is 1.57. The molecule has 1 aromatic carbocycles. The van der Waals surface area contributed by atoms with Gasteiger partial charge in [-0.2, -0.15) is 0 Å². The zero-order valence-corrected chi connectivity index (χ0v) is 12.3. The molecule has 0 saturated carbocycles. The van der Waals surface area contributed by atoms with Gasteiger partial charge in [-0.25, -0.2) is 0 Å². The summed E-state index contributed by atoms with van der Waals surface area (Å²) in [5.74, 6) is -0.374. The molecule has 0 heterocycles. The van der Waals surface area contributed by atoms with Gasteiger partial charge in [0.05, 0.1) is 5.56 Å². The summed E-state index contributed by atoms with van der Waals surface area (Å²) < 4.78 is 0. The molecular weight excluding hydrogens is 260 g/mol. The van der Waals surface area contributed by atoms with Crippen molar-refractivity contribution >= 4 is 23.6 Å². The van der Waals surface area contributed by atoms with Crippen LogP contribution < -0.4 is 10.6 Å². The van der Waals surface area contributed by atoms with Gasteiger partial charge in [0, 0.05) is 11.4 Å². The summed E-state index contributed by atoms with van der Waals surface area (Å²) in [6.07, 6.45) is 2.80. The Morgan fingerprint density at radius 3 is 2.63 bits per heavy atom. The van der Waals surface area contributed by atoms with Crippen LogP contribution in [0.3, 0.4) is 0 Å². The van der Waals surface area contributed by atoms with Crippen molar-refractivity contribution in [2.75, 3.05) is 12.8 Å². The van der Waals surface area contributed by atoms with Gasteiger partial charge in [-0.1, -0.05) is 19.1 Å². The molecular formula is C14H20N2O2S. The molecule has 0 spiro atoms. The third-order valence-corrected chi connectivity index (χ3v) is 3.44. The summed E-state index contributed by atoms with van der Waals surface area (Å²) >= 11 is 1.51. The fourth-order valence-corrected chi connectivity index (χ4v) is 2.17. The van der Waals surface area contributed by atoms with Gasteiger partial charge in [0.25, 0.3) is 5.91 Å². The van der Waals surface area contributed by atoms with E-state index in [0.717, 1.165) is 11.3 Å². The van der Waals surface area contributed by atoms with Crippen molar-refractivity contribution in [3.05, 3.63) is 29.8 Å². The van der Waals surface area contributed by atoms with Crippen LogP contribution in [0.1, 0.15) is 30.6 Å². The largest absolute Gasteiger partial charge is 0.354 e. The van der Waals surface area contributed by atoms with E-state index in [1.807, 2.05) is 31.4 Å². The highest BCUT2D eigenvalue weighted by atomic mass is 32.2. The number of hydrogen-bond donors (Lipinski definition) is 2. The molecule has 1 aromatic rings. The molecule has 0 saturated heterocycles. The standard InChI is InChI=1S/C14H20N2O2S/c1-4-9-15-13(17)10(2)16-14(18)11-7-5-6-8-12(11)19-3/h5-8,10H,4,9H2,1-3H3,(H,15,17)(H,16,18).